The van der Waals surface area contributed by atoms with Gasteiger partial charge < -0.3 is 20.7 Å². The van der Waals surface area contributed by atoms with Crippen LogP contribution in [0.2, 0.25) is 0 Å². The maximum atomic E-state index is 12.6. The van der Waals surface area contributed by atoms with E-state index in [-0.39, 0.29) is 23.7 Å². The SMILES string of the molecule is CC.CC.CNC(=O)C1=C(C(=O)Nc2cc(C)c(C)cc2C)CCCC1.COC(=O)C1=C(C(=O)Nc2cc(C)c(C)cc2C)CCCC1. The van der Waals surface area contributed by atoms with Crippen LogP contribution < -0.4 is 16.0 Å². The van der Waals surface area contributed by atoms with Gasteiger partial charge in [-0.25, -0.2) is 4.79 Å². The number of carbonyl (C=O) groups is 4. The second-order valence-electron chi connectivity index (χ2n) is 11.8. The number of benzene rings is 2. The minimum Gasteiger partial charge on any atom is -0.466 e. The Morgan fingerprint density at radius 1 is 0.500 bits per heavy atom. The number of anilines is 2. The molecule has 0 atom stereocenters. The van der Waals surface area contributed by atoms with Crippen molar-refractivity contribution in [1.29, 1.82) is 0 Å². The molecule has 0 aromatic heterocycles. The Hall–Kier alpha value is -4.20. The summed E-state index contributed by atoms with van der Waals surface area (Å²) in [6, 6.07) is 8.09. The Labute approximate surface area is 289 Å². The zero-order chi connectivity index (χ0) is 36.6. The highest BCUT2D eigenvalue weighted by Gasteiger charge is 2.25. The third-order valence-electron chi connectivity index (χ3n) is 8.59. The molecule has 0 aliphatic heterocycles. The van der Waals surface area contributed by atoms with Crippen molar-refractivity contribution in [3.05, 3.63) is 79.9 Å². The van der Waals surface area contributed by atoms with Crippen LogP contribution in [0, 0.1) is 41.5 Å². The van der Waals surface area contributed by atoms with E-state index in [1.54, 1.807) is 7.05 Å². The average Bonchev–Trinajstić information content (AvgIpc) is 3.10. The quantitative estimate of drug-likeness (QED) is 0.268. The maximum Gasteiger partial charge on any atom is 0.334 e. The van der Waals surface area contributed by atoms with Gasteiger partial charge in [-0.2, -0.15) is 0 Å². The van der Waals surface area contributed by atoms with Crippen LogP contribution in [0.5, 0.6) is 0 Å². The molecule has 48 heavy (non-hydrogen) atoms. The first-order chi connectivity index (χ1) is 22.9. The first kappa shape index (κ1) is 41.8. The minimum atomic E-state index is -0.387. The van der Waals surface area contributed by atoms with Crippen LogP contribution in [0.3, 0.4) is 0 Å². The molecule has 3 amide bonds. The molecule has 0 bridgehead atoms. The number of methoxy groups -OCH3 is 1. The van der Waals surface area contributed by atoms with E-state index < -0.39 is 0 Å². The van der Waals surface area contributed by atoms with Crippen molar-refractivity contribution in [1.82, 2.24) is 5.32 Å². The third kappa shape index (κ3) is 11.5. The summed E-state index contributed by atoms with van der Waals surface area (Å²) in [5.41, 5.74) is 10.7. The molecule has 2 aliphatic rings. The fourth-order valence-corrected chi connectivity index (χ4v) is 5.65. The largest absolute Gasteiger partial charge is 0.466 e. The van der Waals surface area contributed by atoms with E-state index in [2.05, 4.69) is 35.0 Å². The maximum absolute atomic E-state index is 12.6. The minimum absolute atomic E-state index is 0.137. The van der Waals surface area contributed by atoms with E-state index in [1.807, 2.05) is 74.4 Å². The molecule has 3 N–H and O–H groups in total. The Kier molecular flexibility index (Phi) is 18.2. The topological polar surface area (TPSA) is 114 Å². The first-order valence-corrected chi connectivity index (χ1v) is 17.4. The van der Waals surface area contributed by atoms with Crippen LogP contribution >= 0.6 is 0 Å². The third-order valence-corrected chi connectivity index (χ3v) is 8.59. The Morgan fingerprint density at radius 2 is 0.812 bits per heavy atom. The van der Waals surface area contributed by atoms with Crippen molar-refractivity contribution in [2.45, 2.75) is 121 Å². The predicted molar refractivity (Wildman–Crippen MR) is 198 cm³/mol. The van der Waals surface area contributed by atoms with Crippen LogP contribution in [0.15, 0.2) is 46.6 Å². The fourth-order valence-electron chi connectivity index (χ4n) is 5.65. The van der Waals surface area contributed by atoms with Crippen molar-refractivity contribution in [3.63, 3.8) is 0 Å². The summed E-state index contributed by atoms with van der Waals surface area (Å²) in [7, 11) is 2.96. The average molecular weight is 662 g/mol. The van der Waals surface area contributed by atoms with Gasteiger partial charge in [-0.15, -0.1) is 0 Å². The predicted octanol–water partition coefficient (Wildman–Crippen LogP) is 8.81. The lowest BCUT2D eigenvalue weighted by molar-refractivity contribution is -0.136. The van der Waals surface area contributed by atoms with Gasteiger partial charge in [0.05, 0.1) is 7.11 Å². The molecule has 0 fully saturated rings. The number of nitrogens with one attached hydrogen (secondary N) is 3. The van der Waals surface area contributed by atoms with E-state index in [0.717, 1.165) is 59.3 Å². The number of hydrogen-bond acceptors (Lipinski definition) is 5. The van der Waals surface area contributed by atoms with E-state index in [1.165, 1.54) is 18.2 Å². The Morgan fingerprint density at radius 3 is 1.17 bits per heavy atom. The summed E-state index contributed by atoms with van der Waals surface area (Å²) >= 11 is 0. The molecule has 264 valence electrons. The smallest absolute Gasteiger partial charge is 0.334 e. The molecule has 8 heteroatoms. The van der Waals surface area contributed by atoms with Gasteiger partial charge in [0.1, 0.15) is 0 Å². The first-order valence-electron chi connectivity index (χ1n) is 17.4. The van der Waals surface area contributed by atoms with Crippen molar-refractivity contribution in [2.24, 2.45) is 0 Å². The van der Waals surface area contributed by atoms with Crippen molar-refractivity contribution >= 4 is 35.1 Å². The van der Waals surface area contributed by atoms with Gasteiger partial charge in [-0.05, 0) is 138 Å². The molecule has 0 saturated heterocycles. The van der Waals surface area contributed by atoms with E-state index in [0.29, 0.717) is 48.0 Å². The number of esters is 1. The second kappa shape index (κ2) is 20.9. The summed E-state index contributed by atoms with van der Waals surface area (Å²) in [4.78, 5) is 49.0. The fraction of sp³-hybridized carbons (Fsp3) is 0.500. The molecular formula is C40H59N3O5. The number of amides is 3. The molecule has 8 nitrogen and oxygen atoms in total. The number of ether oxygens (including phenoxy) is 1. The van der Waals surface area contributed by atoms with Crippen molar-refractivity contribution in [3.8, 4) is 0 Å². The Balaban J connectivity index is 0.000000435. The lowest BCUT2D eigenvalue weighted by atomic mass is 9.90. The van der Waals surface area contributed by atoms with Crippen LogP contribution in [0.25, 0.3) is 0 Å². The van der Waals surface area contributed by atoms with Gasteiger partial charge in [0, 0.05) is 40.7 Å². The van der Waals surface area contributed by atoms with E-state index in [4.69, 9.17) is 4.74 Å². The highest BCUT2D eigenvalue weighted by molar-refractivity contribution is 6.11. The van der Waals surface area contributed by atoms with Crippen molar-refractivity contribution in [2.75, 3.05) is 24.8 Å². The summed E-state index contributed by atoms with van der Waals surface area (Å²) in [6.07, 6.45) is 6.34. The van der Waals surface area contributed by atoms with E-state index in [9.17, 15) is 19.2 Å². The zero-order valence-corrected chi connectivity index (χ0v) is 31.5. The summed E-state index contributed by atoms with van der Waals surface area (Å²) in [5, 5.41) is 8.57. The normalized spacial score (nSPS) is 13.8. The molecule has 4 rings (SSSR count). The molecule has 2 aliphatic carbocycles. The molecule has 2 aromatic carbocycles. The van der Waals surface area contributed by atoms with Gasteiger partial charge in [0.25, 0.3) is 11.8 Å². The van der Waals surface area contributed by atoms with Gasteiger partial charge in [0.15, 0.2) is 0 Å². The summed E-state index contributed by atoms with van der Waals surface area (Å²) in [6.45, 7) is 20.1. The lowest BCUT2D eigenvalue weighted by Crippen LogP contribution is -2.27. The molecule has 2 aromatic rings. The summed E-state index contributed by atoms with van der Waals surface area (Å²) < 4.78 is 4.80. The number of carbonyl (C=O) groups excluding carboxylic acids is 4. The van der Waals surface area contributed by atoms with Crippen LogP contribution in [0.1, 0.15) is 112 Å². The number of rotatable bonds is 6. The number of likely N-dealkylation sites (N-methyl/N-ethyl adjacent to an activating group) is 1. The summed E-state index contributed by atoms with van der Waals surface area (Å²) in [5.74, 6) is -0.862. The number of aryl methyl sites for hydroxylation is 6. The van der Waals surface area contributed by atoms with Crippen LogP contribution in [-0.2, 0) is 23.9 Å². The molecule has 0 spiro atoms. The van der Waals surface area contributed by atoms with Gasteiger partial charge in [0.2, 0.25) is 5.91 Å². The van der Waals surface area contributed by atoms with Gasteiger partial charge >= 0.3 is 5.97 Å². The van der Waals surface area contributed by atoms with Crippen LogP contribution in [-0.4, -0.2) is 37.8 Å². The standard InChI is InChI=1S/C18H24N2O2.C18H23NO3.2C2H6/c1-11-9-13(3)16(10-12(11)2)20-18(22)15-8-6-5-7-14(15)17(21)19-4;1-11-9-13(3)16(10-12(11)2)19-17(20)14-7-5-6-8-15(14)18(21)22-4;2*1-2/h9-10H,5-8H2,1-4H3,(H,19,21)(H,20,22);9-10H,5-8H2,1-4H3,(H,19,20);2*1-2H3. The van der Waals surface area contributed by atoms with Crippen molar-refractivity contribution < 1.29 is 23.9 Å². The van der Waals surface area contributed by atoms with Crippen LogP contribution in [0.4, 0.5) is 11.4 Å². The highest BCUT2D eigenvalue weighted by Crippen LogP contribution is 2.29. The Bertz CT molecular complexity index is 1400. The lowest BCUT2D eigenvalue weighted by Gasteiger charge is -2.19. The zero-order valence-electron chi connectivity index (χ0n) is 31.5. The van der Waals surface area contributed by atoms with E-state index >= 15 is 0 Å². The molecule has 0 radical (unpaired) electrons. The number of hydrogen-bond donors (Lipinski definition) is 3. The molecule has 0 saturated carbocycles. The molecule has 0 heterocycles. The highest BCUT2D eigenvalue weighted by atomic mass is 16.5. The molecule has 0 unspecified atom stereocenters. The van der Waals surface area contributed by atoms with Gasteiger partial charge in [-0.1, -0.05) is 39.8 Å². The molecular weight excluding hydrogens is 602 g/mol. The van der Waals surface area contributed by atoms with Gasteiger partial charge in [-0.3, -0.25) is 14.4 Å². The second-order valence-corrected chi connectivity index (χ2v) is 11.8. The monoisotopic (exact) mass is 661 g/mol.